The highest BCUT2D eigenvalue weighted by atomic mass is 35.5. The van der Waals surface area contributed by atoms with Gasteiger partial charge in [0, 0.05) is 25.0 Å². The van der Waals surface area contributed by atoms with Gasteiger partial charge < -0.3 is 30.9 Å². The lowest BCUT2D eigenvalue weighted by Gasteiger charge is -2.19. The third-order valence-corrected chi connectivity index (χ3v) is 6.82. The minimum atomic E-state index is -1.10. The summed E-state index contributed by atoms with van der Waals surface area (Å²) < 4.78 is 0. The summed E-state index contributed by atoms with van der Waals surface area (Å²) in [6.07, 6.45) is -0.332. The summed E-state index contributed by atoms with van der Waals surface area (Å²) in [5.74, 6) is -2.44. The number of carbonyl (C=O) groups is 5. The second-order valence-corrected chi connectivity index (χ2v) is 9.90. The molecule has 4 rings (SSSR count). The summed E-state index contributed by atoms with van der Waals surface area (Å²) >= 11 is 6.40. The van der Waals surface area contributed by atoms with Crippen LogP contribution in [0, 0.1) is 6.92 Å². The number of nitrogens with zero attached hydrogens (tertiary/aromatic N) is 2. The lowest BCUT2D eigenvalue weighted by molar-refractivity contribution is -0.137. The number of carboxylic acid groups (broad SMARTS) is 1. The number of carboxylic acids is 1. The van der Waals surface area contributed by atoms with Crippen molar-refractivity contribution in [2.24, 2.45) is 0 Å². The minimum Gasteiger partial charge on any atom is -0.481 e. The van der Waals surface area contributed by atoms with Crippen molar-refractivity contribution in [1.82, 2.24) is 4.90 Å². The lowest BCUT2D eigenvalue weighted by Crippen LogP contribution is -2.38. The van der Waals surface area contributed by atoms with Gasteiger partial charge in [-0.1, -0.05) is 55.8 Å². The summed E-state index contributed by atoms with van der Waals surface area (Å²) in [5.41, 5.74) is 3.38. The first kappa shape index (κ1) is 32.6. The number of likely N-dealkylation sites (N-methyl/N-ethyl adjacent to an activating group) is 1. The molecule has 0 aromatic heterocycles. The maximum Gasteiger partial charge on any atom is 0.323 e. The molecular formula is C31H34ClN5O6. The molecule has 1 heterocycles. The number of aliphatic carboxylic acids is 1. The van der Waals surface area contributed by atoms with Crippen molar-refractivity contribution in [2.45, 2.75) is 33.6 Å². The fourth-order valence-corrected chi connectivity index (χ4v) is 4.45. The van der Waals surface area contributed by atoms with Crippen LogP contribution < -0.4 is 20.9 Å². The van der Waals surface area contributed by atoms with E-state index in [0.717, 1.165) is 10.5 Å². The predicted octanol–water partition coefficient (Wildman–Crippen LogP) is 5.39. The number of carbonyl (C=O) groups excluding carboxylic acids is 4. The highest BCUT2D eigenvalue weighted by Gasteiger charge is 2.31. The monoisotopic (exact) mass is 607 g/mol. The van der Waals surface area contributed by atoms with Crippen LogP contribution in [0.15, 0.2) is 60.7 Å². The zero-order valence-electron chi connectivity index (χ0n) is 24.4. The van der Waals surface area contributed by atoms with E-state index in [1.165, 1.54) is 24.1 Å². The normalized spacial score (nSPS) is 12.4. The molecule has 226 valence electrons. The second kappa shape index (κ2) is 14.8. The van der Waals surface area contributed by atoms with Gasteiger partial charge in [-0.05, 0) is 48.4 Å². The zero-order chi connectivity index (χ0) is 31.7. The van der Waals surface area contributed by atoms with Crippen LogP contribution in [0.4, 0.5) is 27.5 Å². The van der Waals surface area contributed by atoms with Crippen molar-refractivity contribution in [3.63, 3.8) is 0 Å². The van der Waals surface area contributed by atoms with Crippen molar-refractivity contribution in [2.75, 3.05) is 41.0 Å². The molecule has 0 radical (unpaired) electrons. The van der Waals surface area contributed by atoms with Gasteiger partial charge in [0.15, 0.2) is 0 Å². The maximum atomic E-state index is 13.2. The summed E-state index contributed by atoms with van der Waals surface area (Å²) in [4.78, 5) is 64.4. The standard InChI is InChI=1S/C29H28ClN5O6.C2H6/c1-17-5-3-4-6-22(17)33-29(41)31-19-9-7-18(8-10-19)13-25(36)32-23-14-20-24(15-21(23)30)34(2)26(37)16-35(28(20)40)12-11-27(38)39;1-2/h3-10,14-15H,11-13,16H2,1-2H3,(H,32,36)(H,38,39)(H2,31,33,41);1-2H3. The first-order chi connectivity index (χ1) is 20.5. The Bertz CT molecular complexity index is 1530. The SMILES string of the molecule is CC.Cc1ccccc1NC(=O)Nc1ccc(CC(=O)Nc2cc3c(cc2Cl)N(C)C(=O)CN(CCC(=O)O)C3=O)cc1. The van der Waals surface area contributed by atoms with Crippen LogP contribution >= 0.6 is 11.6 Å². The molecule has 3 aromatic rings. The molecule has 1 aliphatic rings. The number of nitrogens with one attached hydrogen (secondary N) is 3. The molecule has 3 aromatic carbocycles. The Kier molecular flexibility index (Phi) is 11.2. The maximum absolute atomic E-state index is 13.2. The number of hydrogen-bond acceptors (Lipinski definition) is 5. The van der Waals surface area contributed by atoms with Crippen LogP contribution in [0.25, 0.3) is 0 Å². The number of benzene rings is 3. The van der Waals surface area contributed by atoms with Crippen molar-refractivity contribution in [3.05, 3.63) is 82.4 Å². The van der Waals surface area contributed by atoms with Gasteiger partial charge in [0.05, 0.1) is 34.8 Å². The number of rotatable bonds is 8. The van der Waals surface area contributed by atoms with Crippen molar-refractivity contribution < 1.29 is 29.1 Å². The number of aryl methyl sites for hydroxylation is 1. The predicted molar refractivity (Wildman–Crippen MR) is 167 cm³/mol. The summed E-state index contributed by atoms with van der Waals surface area (Å²) in [7, 11) is 1.49. The number of urea groups is 1. The van der Waals surface area contributed by atoms with Gasteiger partial charge in [-0.3, -0.25) is 19.2 Å². The second-order valence-electron chi connectivity index (χ2n) is 9.49. The average Bonchev–Trinajstić information content (AvgIpc) is 3.05. The first-order valence-electron chi connectivity index (χ1n) is 13.7. The van der Waals surface area contributed by atoms with Crippen LogP contribution in [-0.2, 0) is 20.8 Å². The van der Waals surface area contributed by atoms with E-state index in [1.54, 1.807) is 30.3 Å². The minimum absolute atomic E-state index is 0.0137. The highest BCUT2D eigenvalue weighted by Crippen LogP contribution is 2.34. The molecule has 0 unspecified atom stereocenters. The number of hydrogen-bond donors (Lipinski definition) is 4. The van der Waals surface area contributed by atoms with Gasteiger partial charge in [0.1, 0.15) is 6.54 Å². The largest absolute Gasteiger partial charge is 0.481 e. The van der Waals surface area contributed by atoms with Gasteiger partial charge >= 0.3 is 12.0 Å². The Morgan fingerprint density at radius 2 is 1.60 bits per heavy atom. The van der Waals surface area contributed by atoms with Crippen LogP contribution in [0.1, 0.15) is 41.8 Å². The molecule has 43 heavy (non-hydrogen) atoms. The summed E-state index contributed by atoms with van der Waals surface area (Å²) in [6.45, 7) is 5.47. The van der Waals surface area contributed by atoms with Crippen LogP contribution in [0.3, 0.4) is 0 Å². The number of amides is 5. The van der Waals surface area contributed by atoms with Crippen molar-refractivity contribution in [1.29, 1.82) is 0 Å². The van der Waals surface area contributed by atoms with Crippen molar-refractivity contribution >= 4 is 64.1 Å². The fourth-order valence-electron chi connectivity index (χ4n) is 4.25. The molecular weight excluding hydrogens is 574 g/mol. The third kappa shape index (κ3) is 8.55. The molecule has 1 aliphatic heterocycles. The molecule has 0 saturated heterocycles. The van der Waals surface area contributed by atoms with Gasteiger partial charge in [0.2, 0.25) is 11.8 Å². The molecule has 0 atom stereocenters. The van der Waals surface area contributed by atoms with Crippen molar-refractivity contribution in [3.8, 4) is 0 Å². The molecule has 12 heteroatoms. The van der Waals surface area contributed by atoms with E-state index in [9.17, 15) is 24.0 Å². The number of anilines is 4. The van der Waals surface area contributed by atoms with Crippen LogP contribution in [-0.4, -0.2) is 59.9 Å². The van der Waals surface area contributed by atoms with E-state index in [4.69, 9.17) is 16.7 Å². The smallest absolute Gasteiger partial charge is 0.323 e. The molecule has 0 fully saturated rings. The highest BCUT2D eigenvalue weighted by molar-refractivity contribution is 6.34. The quantitative estimate of drug-likeness (QED) is 0.270. The van der Waals surface area contributed by atoms with Gasteiger partial charge in [0.25, 0.3) is 5.91 Å². The number of para-hydroxylation sites is 1. The van der Waals surface area contributed by atoms with E-state index in [-0.39, 0.29) is 47.9 Å². The van der Waals surface area contributed by atoms with E-state index in [1.807, 2.05) is 39.0 Å². The third-order valence-electron chi connectivity index (χ3n) is 6.50. The summed E-state index contributed by atoms with van der Waals surface area (Å²) in [5, 5.41) is 17.4. The van der Waals surface area contributed by atoms with Crippen LogP contribution in [0.2, 0.25) is 5.02 Å². The van der Waals surface area contributed by atoms with E-state index in [2.05, 4.69) is 16.0 Å². The Morgan fingerprint density at radius 3 is 2.26 bits per heavy atom. The van der Waals surface area contributed by atoms with Gasteiger partial charge in [-0.25, -0.2) is 4.79 Å². The molecule has 4 N–H and O–H groups in total. The van der Waals surface area contributed by atoms with Crippen LogP contribution in [0.5, 0.6) is 0 Å². The van der Waals surface area contributed by atoms with Gasteiger partial charge in [-0.15, -0.1) is 0 Å². The van der Waals surface area contributed by atoms with Gasteiger partial charge in [-0.2, -0.15) is 0 Å². The molecule has 5 amide bonds. The Hall–Kier alpha value is -4.90. The average molecular weight is 608 g/mol. The Labute approximate surface area is 254 Å². The number of fused-ring (bicyclic) bond motifs is 1. The molecule has 0 saturated carbocycles. The topological polar surface area (TPSA) is 148 Å². The molecule has 0 aliphatic carbocycles. The molecule has 11 nitrogen and oxygen atoms in total. The van der Waals surface area contributed by atoms with E-state index in [0.29, 0.717) is 16.9 Å². The number of halogens is 1. The molecule has 0 spiro atoms. The molecule has 0 bridgehead atoms. The zero-order valence-corrected chi connectivity index (χ0v) is 25.1. The lowest BCUT2D eigenvalue weighted by atomic mass is 10.1. The van der Waals surface area contributed by atoms with E-state index >= 15 is 0 Å². The Balaban J connectivity index is 0.00000248. The summed E-state index contributed by atoms with van der Waals surface area (Å²) in [6, 6.07) is 16.6. The van der Waals surface area contributed by atoms with E-state index < -0.39 is 29.7 Å². The first-order valence-corrected chi connectivity index (χ1v) is 14.0. The fraction of sp³-hybridized carbons (Fsp3) is 0.258. The Morgan fingerprint density at radius 1 is 0.930 bits per heavy atom.